The molecule has 9 heteroatoms. The van der Waals surface area contributed by atoms with Gasteiger partial charge in [0.15, 0.2) is 5.96 Å². The van der Waals surface area contributed by atoms with Gasteiger partial charge in [-0.25, -0.2) is 0 Å². The lowest BCUT2D eigenvalue weighted by molar-refractivity contribution is -0.137. The summed E-state index contributed by atoms with van der Waals surface area (Å²) in [7, 11) is 3.60. The number of hydrogen-bond donors (Lipinski definition) is 2. The first-order chi connectivity index (χ1) is 13.3. The summed E-state index contributed by atoms with van der Waals surface area (Å²) >= 11 is 0. The monoisotopic (exact) mass is 523 g/mol. The summed E-state index contributed by atoms with van der Waals surface area (Å²) in [5, 5.41) is 10.6. The number of nitrogens with zero attached hydrogens (tertiary/aromatic N) is 3. The third-order valence-electron chi connectivity index (χ3n) is 4.57. The normalized spacial score (nSPS) is 13.0. The van der Waals surface area contributed by atoms with Gasteiger partial charge < -0.3 is 10.6 Å². The molecule has 1 atom stereocenters. The third-order valence-corrected chi connectivity index (χ3v) is 4.57. The molecule has 0 spiro atoms. The van der Waals surface area contributed by atoms with Gasteiger partial charge in [0.25, 0.3) is 0 Å². The van der Waals surface area contributed by atoms with Crippen molar-refractivity contribution in [3.05, 3.63) is 53.3 Å². The summed E-state index contributed by atoms with van der Waals surface area (Å²) in [4.78, 5) is 4.18. The van der Waals surface area contributed by atoms with E-state index in [1.807, 2.05) is 26.4 Å². The van der Waals surface area contributed by atoms with Crippen molar-refractivity contribution in [3.8, 4) is 0 Å². The van der Waals surface area contributed by atoms with Crippen molar-refractivity contribution in [2.45, 2.75) is 38.3 Å². The molecular weight excluding hydrogens is 494 g/mol. The molecule has 1 heterocycles. The second kappa shape index (κ2) is 12.0. The summed E-state index contributed by atoms with van der Waals surface area (Å²) in [5.41, 5.74) is 1.29. The number of nitrogens with one attached hydrogen (secondary N) is 2. The molecule has 1 unspecified atom stereocenters. The molecule has 1 aromatic carbocycles. The number of benzene rings is 1. The zero-order valence-electron chi connectivity index (χ0n) is 17.0. The molecule has 0 amide bonds. The number of aromatic nitrogens is 2. The highest BCUT2D eigenvalue weighted by Gasteiger charge is 2.30. The molecule has 0 aliphatic carbocycles. The first kappa shape index (κ1) is 25.3. The molecule has 0 bridgehead atoms. The number of aliphatic imine (C=N–C) groups is 1. The van der Waals surface area contributed by atoms with Crippen molar-refractivity contribution >= 4 is 29.9 Å². The topological polar surface area (TPSA) is 54.2 Å². The van der Waals surface area contributed by atoms with Crippen molar-refractivity contribution in [1.82, 2.24) is 20.4 Å². The largest absolute Gasteiger partial charge is 0.416 e. The van der Waals surface area contributed by atoms with E-state index in [4.69, 9.17) is 0 Å². The quantitative estimate of drug-likeness (QED) is 0.234. The summed E-state index contributed by atoms with van der Waals surface area (Å²) in [5.74, 6) is 0.709. The number of aryl methyl sites for hydroxylation is 2. The molecule has 2 rings (SSSR count). The molecule has 5 nitrogen and oxygen atoms in total. The fraction of sp³-hybridized carbons (Fsp3) is 0.500. The molecule has 0 fully saturated rings. The number of guanidine groups is 1. The summed E-state index contributed by atoms with van der Waals surface area (Å²) in [6.07, 6.45) is 2.15. The second-order valence-electron chi connectivity index (χ2n) is 6.86. The third kappa shape index (κ3) is 8.63. The summed E-state index contributed by atoms with van der Waals surface area (Å²) in [6.45, 7) is 3.33. The van der Waals surface area contributed by atoms with Crippen LogP contribution in [0.25, 0.3) is 0 Å². The Morgan fingerprint density at radius 1 is 1.24 bits per heavy atom. The fourth-order valence-corrected chi connectivity index (χ4v) is 2.92. The maximum atomic E-state index is 12.9. The minimum atomic E-state index is -4.31. The highest BCUT2D eigenvalue weighted by Crippen LogP contribution is 2.31. The van der Waals surface area contributed by atoms with Gasteiger partial charge in [-0.05, 0) is 42.4 Å². The maximum Gasteiger partial charge on any atom is 0.416 e. The average Bonchev–Trinajstić information content (AvgIpc) is 3.08. The lowest BCUT2D eigenvalue weighted by Crippen LogP contribution is -2.38. The van der Waals surface area contributed by atoms with E-state index < -0.39 is 11.7 Å². The van der Waals surface area contributed by atoms with E-state index in [0.29, 0.717) is 24.5 Å². The van der Waals surface area contributed by atoms with Crippen LogP contribution in [0, 0.1) is 0 Å². The lowest BCUT2D eigenvalue weighted by atomic mass is 9.96. The molecule has 0 radical (unpaired) electrons. The van der Waals surface area contributed by atoms with Crippen LogP contribution in [0.5, 0.6) is 0 Å². The van der Waals surface area contributed by atoms with Crippen molar-refractivity contribution < 1.29 is 13.2 Å². The van der Waals surface area contributed by atoms with Crippen molar-refractivity contribution in [2.24, 2.45) is 12.0 Å². The van der Waals surface area contributed by atoms with Gasteiger partial charge in [0.2, 0.25) is 0 Å². The highest BCUT2D eigenvalue weighted by molar-refractivity contribution is 14.0. The highest BCUT2D eigenvalue weighted by atomic mass is 127. The van der Waals surface area contributed by atoms with Crippen molar-refractivity contribution in [3.63, 3.8) is 0 Å². The average molecular weight is 523 g/mol. The van der Waals surface area contributed by atoms with Gasteiger partial charge in [-0.2, -0.15) is 18.3 Å². The Balaban J connectivity index is 0.00000420. The Labute approximate surface area is 187 Å². The zero-order chi connectivity index (χ0) is 20.6. The van der Waals surface area contributed by atoms with Crippen LogP contribution < -0.4 is 10.6 Å². The van der Waals surface area contributed by atoms with Crippen LogP contribution in [0.3, 0.4) is 0 Å². The van der Waals surface area contributed by atoms with E-state index in [2.05, 4.69) is 20.7 Å². The van der Waals surface area contributed by atoms with Crippen LogP contribution in [0.15, 0.2) is 41.7 Å². The molecule has 0 saturated carbocycles. The molecule has 0 aliphatic rings. The summed E-state index contributed by atoms with van der Waals surface area (Å²) < 4.78 is 40.3. The molecule has 2 N–H and O–H groups in total. The Bertz CT molecular complexity index is 773. The Kier molecular flexibility index (Phi) is 10.5. The van der Waals surface area contributed by atoms with E-state index in [0.717, 1.165) is 25.5 Å². The van der Waals surface area contributed by atoms with Crippen LogP contribution in [0.2, 0.25) is 0 Å². The van der Waals surface area contributed by atoms with E-state index in [-0.39, 0.29) is 29.9 Å². The van der Waals surface area contributed by atoms with E-state index in [1.54, 1.807) is 17.8 Å². The van der Waals surface area contributed by atoms with E-state index in [9.17, 15) is 13.2 Å². The second-order valence-corrected chi connectivity index (χ2v) is 6.86. The van der Waals surface area contributed by atoms with Crippen molar-refractivity contribution in [1.29, 1.82) is 0 Å². The van der Waals surface area contributed by atoms with Crippen LogP contribution in [0.4, 0.5) is 13.2 Å². The molecule has 0 saturated heterocycles. The SMILES string of the molecule is CN=C(NCCCc1cnn(C)c1)NCCC(C)c1cccc(C(F)(F)F)c1.I. The summed E-state index contributed by atoms with van der Waals surface area (Å²) in [6, 6.07) is 5.54. The van der Waals surface area contributed by atoms with Gasteiger partial charge in [-0.1, -0.05) is 25.1 Å². The zero-order valence-corrected chi connectivity index (χ0v) is 19.3. The Hall–Kier alpha value is -1.78. The standard InChI is InChI=1S/C20H28F3N5.HI/c1-15(17-7-4-8-18(12-17)20(21,22)23)9-11-26-19(24-2)25-10-5-6-16-13-27-28(3)14-16;/h4,7-8,12-15H,5-6,9-11H2,1-3H3,(H2,24,25,26);1H. The molecule has 0 aliphatic heterocycles. The first-order valence-electron chi connectivity index (χ1n) is 9.39. The fourth-order valence-electron chi connectivity index (χ4n) is 2.92. The molecule has 1 aromatic heterocycles. The number of hydrogen-bond acceptors (Lipinski definition) is 2. The minimum Gasteiger partial charge on any atom is -0.356 e. The van der Waals surface area contributed by atoms with Gasteiger partial charge in [0, 0.05) is 33.4 Å². The lowest BCUT2D eigenvalue weighted by Gasteiger charge is -2.16. The number of halogens is 4. The van der Waals surface area contributed by atoms with Crippen LogP contribution in [-0.2, 0) is 19.6 Å². The van der Waals surface area contributed by atoms with Crippen LogP contribution >= 0.6 is 24.0 Å². The first-order valence-corrected chi connectivity index (χ1v) is 9.39. The van der Waals surface area contributed by atoms with E-state index >= 15 is 0 Å². The smallest absolute Gasteiger partial charge is 0.356 e. The van der Waals surface area contributed by atoms with Gasteiger partial charge >= 0.3 is 6.18 Å². The predicted molar refractivity (Wildman–Crippen MR) is 121 cm³/mol. The van der Waals surface area contributed by atoms with E-state index in [1.165, 1.54) is 17.7 Å². The van der Waals surface area contributed by atoms with Gasteiger partial charge in [0.1, 0.15) is 0 Å². The minimum absolute atomic E-state index is 0. The van der Waals surface area contributed by atoms with Gasteiger partial charge in [-0.3, -0.25) is 9.67 Å². The number of alkyl halides is 3. The molecular formula is C20H29F3IN5. The Morgan fingerprint density at radius 2 is 1.97 bits per heavy atom. The number of rotatable bonds is 8. The molecule has 29 heavy (non-hydrogen) atoms. The van der Waals surface area contributed by atoms with Gasteiger partial charge in [-0.15, -0.1) is 24.0 Å². The van der Waals surface area contributed by atoms with Crippen LogP contribution in [-0.4, -0.2) is 35.9 Å². The molecule has 162 valence electrons. The molecule has 2 aromatic rings. The van der Waals surface area contributed by atoms with Crippen LogP contribution in [0.1, 0.15) is 42.4 Å². The van der Waals surface area contributed by atoms with Crippen molar-refractivity contribution in [2.75, 3.05) is 20.1 Å². The Morgan fingerprint density at radius 3 is 2.59 bits per heavy atom. The maximum absolute atomic E-state index is 12.9. The van der Waals surface area contributed by atoms with Gasteiger partial charge in [0.05, 0.1) is 11.8 Å². The predicted octanol–water partition coefficient (Wildman–Crippen LogP) is 4.35.